The second-order valence-electron chi connectivity index (χ2n) is 3.73. The predicted molar refractivity (Wildman–Crippen MR) is 69.4 cm³/mol. The molecule has 0 bridgehead atoms. The number of nitrogens with one attached hydrogen (secondary N) is 1. The number of hydrogen-bond acceptors (Lipinski definition) is 6. The summed E-state index contributed by atoms with van der Waals surface area (Å²) in [7, 11) is 1.35. The minimum Gasteiger partial charge on any atom is -0.490 e. The molecule has 0 aromatic heterocycles. The third kappa shape index (κ3) is 3.57. The molecule has 19 heavy (non-hydrogen) atoms. The van der Waals surface area contributed by atoms with Crippen LogP contribution >= 0.6 is 0 Å². The number of benzene rings is 1. The minimum absolute atomic E-state index is 0.131. The number of carbonyl (C=O) groups is 1. The Hall–Kier alpha value is -2.31. The number of esters is 1. The first kappa shape index (κ1) is 14.7. The van der Waals surface area contributed by atoms with E-state index in [1.165, 1.54) is 19.2 Å². The van der Waals surface area contributed by atoms with Crippen LogP contribution in [0.5, 0.6) is 5.75 Å². The standard InChI is InChI=1S/C12H16N2O5/c1-4-19-12(15)8(2)13-9-6-5-7-10(18-3)11(9)14(16)17/h5-8,13H,4H2,1-3H3. The van der Waals surface area contributed by atoms with Crippen molar-refractivity contribution in [1.29, 1.82) is 0 Å². The van der Waals surface area contributed by atoms with Gasteiger partial charge in [-0.3, -0.25) is 10.1 Å². The lowest BCUT2D eigenvalue weighted by molar-refractivity contribution is -0.384. The fourth-order valence-electron chi connectivity index (χ4n) is 1.55. The highest BCUT2D eigenvalue weighted by molar-refractivity contribution is 5.81. The first-order valence-corrected chi connectivity index (χ1v) is 5.75. The smallest absolute Gasteiger partial charge is 0.333 e. The average Bonchev–Trinajstić information content (AvgIpc) is 2.38. The molecule has 0 radical (unpaired) electrons. The number of nitro groups is 1. The molecule has 0 aliphatic heterocycles. The Bertz CT molecular complexity index is 475. The van der Waals surface area contributed by atoms with E-state index in [2.05, 4.69) is 5.32 Å². The minimum atomic E-state index is -0.689. The van der Waals surface area contributed by atoms with Crippen molar-refractivity contribution in [2.75, 3.05) is 19.0 Å². The molecule has 104 valence electrons. The lowest BCUT2D eigenvalue weighted by atomic mass is 10.2. The Morgan fingerprint density at radius 1 is 1.53 bits per heavy atom. The van der Waals surface area contributed by atoms with Crippen molar-refractivity contribution in [2.45, 2.75) is 19.9 Å². The number of nitrogens with zero attached hydrogens (tertiary/aromatic N) is 1. The SMILES string of the molecule is CCOC(=O)C(C)Nc1cccc(OC)c1[N+](=O)[O-]. The Kier molecular flexibility index (Phi) is 5.11. The van der Waals surface area contributed by atoms with Gasteiger partial charge in [-0.2, -0.15) is 0 Å². The van der Waals surface area contributed by atoms with E-state index < -0.39 is 16.9 Å². The van der Waals surface area contributed by atoms with Gasteiger partial charge in [0, 0.05) is 0 Å². The monoisotopic (exact) mass is 268 g/mol. The number of nitro benzene ring substituents is 1. The maximum Gasteiger partial charge on any atom is 0.333 e. The maximum absolute atomic E-state index is 11.5. The number of ether oxygens (including phenoxy) is 2. The van der Waals surface area contributed by atoms with Gasteiger partial charge in [-0.15, -0.1) is 0 Å². The summed E-state index contributed by atoms with van der Waals surface area (Å²) in [5.41, 5.74) is 0.00560. The average molecular weight is 268 g/mol. The van der Waals surface area contributed by atoms with Gasteiger partial charge in [0.2, 0.25) is 0 Å². The molecular formula is C12H16N2O5. The van der Waals surface area contributed by atoms with Crippen molar-refractivity contribution in [2.24, 2.45) is 0 Å². The first-order chi connectivity index (χ1) is 9.01. The van der Waals surface area contributed by atoms with Crippen molar-refractivity contribution in [3.63, 3.8) is 0 Å². The van der Waals surface area contributed by atoms with Gasteiger partial charge in [0.1, 0.15) is 11.7 Å². The highest BCUT2D eigenvalue weighted by Crippen LogP contribution is 2.34. The highest BCUT2D eigenvalue weighted by atomic mass is 16.6. The van der Waals surface area contributed by atoms with Crippen LogP contribution in [0.2, 0.25) is 0 Å². The molecule has 0 aliphatic rings. The summed E-state index contributed by atoms with van der Waals surface area (Å²) in [4.78, 5) is 22.0. The van der Waals surface area contributed by atoms with Gasteiger partial charge in [-0.1, -0.05) is 6.07 Å². The zero-order valence-electron chi connectivity index (χ0n) is 11.0. The van der Waals surface area contributed by atoms with Crippen LogP contribution in [0.25, 0.3) is 0 Å². The van der Waals surface area contributed by atoms with E-state index in [4.69, 9.17) is 9.47 Å². The first-order valence-electron chi connectivity index (χ1n) is 5.75. The Balaban J connectivity index is 3.01. The van der Waals surface area contributed by atoms with Crippen LogP contribution in [0.4, 0.5) is 11.4 Å². The fraction of sp³-hybridized carbons (Fsp3) is 0.417. The van der Waals surface area contributed by atoms with E-state index in [1.807, 2.05) is 0 Å². The molecule has 1 unspecified atom stereocenters. The summed E-state index contributed by atoms with van der Waals surface area (Å²) in [6, 6.07) is 3.91. The van der Waals surface area contributed by atoms with Crippen LogP contribution in [-0.4, -0.2) is 30.7 Å². The summed E-state index contributed by atoms with van der Waals surface area (Å²) < 4.78 is 9.77. The molecule has 7 nitrogen and oxygen atoms in total. The number of para-hydroxylation sites is 1. The molecule has 0 spiro atoms. The third-order valence-electron chi connectivity index (χ3n) is 2.41. The van der Waals surface area contributed by atoms with Crippen molar-refractivity contribution in [1.82, 2.24) is 0 Å². The molecule has 0 amide bonds. The molecule has 1 N–H and O–H groups in total. The molecule has 1 aromatic rings. The molecular weight excluding hydrogens is 252 g/mol. The number of carbonyl (C=O) groups excluding carboxylic acids is 1. The topological polar surface area (TPSA) is 90.7 Å². The van der Waals surface area contributed by atoms with E-state index in [0.717, 1.165) is 0 Å². The molecule has 0 heterocycles. The summed E-state index contributed by atoms with van der Waals surface area (Å²) in [5.74, 6) is -0.342. The second-order valence-corrected chi connectivity index (χ2v) is 3.73. The summed E-state index contributed by atoms with van der Waals surface area (Å²) in [5, 5.41) is 13.8. The van der Waals surface area contributed by atoms with Crippen molar-refractivity contribution in [3.05, 3.63) is 28.3 Å². The van der Waals surface area contributed by atoms with Crippen LogP contribution in [0.15, 0.2) is 18.2 Å². The van der Waals surface area contributed by atoms with E-state index in [0.29, 0.717) is 0 Å². The van der Waals surface area contributed by atoms with Gasteiger partial charge in [0.05, 0.1) is 18.6 Å². The van der Waals surface area contributed by atoms with Gasteiger partial charge in [-0.05, 0) is 26.0 Å². The largest absolute Gasteiger partial charge is 0.490 e. The van der Waals surface area contributed by atoms with E-state index in [9.17, 15) is 14.9 Å². The molecule has 0 saturated heterocycles. The quantitative estimate of drug-likeness (QED) is 0.482. The Labute approximate surface area is 110 Å². The van der Waals surface area contributed by atoms with Gasteiger partial charge in [0.25, 0.3) is 0 Å². The Morgan fingerprint density at radius 2 is 2.21 bits per heavy atom. The second kappa shape index (κ2) is 6.58. The zero-order chi connectivity index (χ0) is 14.4. The lowest BCUT2D eigenvalue weighted by Crippen LogP contribution is -2.28. The molecule has 1 aromatic carbocycles. The van der Waals surface area contributed by atoms with Gasteiger partial charge < -0.3 is 14.8 Å². The number of anilines is 1. The number of rotatable bonds is 6. The molecule has 0 saturated carbocycles. The summed E-state index contributed by atoms with van der Waals surface area (Å²) >= 11 is 0. The predicted octanol–water partition coefficient (Wildman–Crippen LogP) is 1.97. The van der Waals surface area contributed by atoms with E-state index in [1.54, 1.807) is 19.9 Å². The highest BCUT2D eigenvalue weighted by Gasteiger charge is 2.23. The van der Waals surface area contributed by atoms with Crippen molar-refractivity contribution in [3.8, 4) is 5.75 Å². The molecule has 7 heteroatoms. The van der Waals surface area contributed by atoms with Gasteiger partial charge in [0.15, 0.2) is 5.75 Å². The molecule has 1 atom stereocenters. The maximum atomic E-state index is 11.5. The van der Waals surface area contributed by atoms with Crippen LogP contribution in [0.1, 0.15) is 13.8 Å². The van der Waals surface area contributed by atoms with Crippen LogP contribution in [0.3, 0.4) is 0 Å². The fourth-order valence-corrected chi connectivity index (χ4v) is 1.55. The normalized spacial score (nSPS) is 11.5. The molecule has 1 rings (SSSR count). The van der Waals surface area contributed by atoms with Crippen molar-refractivity contribution < 1.29 is 19.2 Å². The summed E-state index contributed by atoms with van der Waals surface area (Å²) in [6.45, 7) is 3.52. The zero-order valence-corrected chi connectivity index (χ0v) is 11.0. The number of methoxy groups -OCH3 is 1. The van der Waals surface area contributed by atoms with Crippen LogP contribution in [0, 0.1) is 10.1 Å². The number of hydrogen-bond donors (Lipinski definition) is 1. The Morgan fingerprint density at radius 3 is 2.74 bits per heavy atom. The van der Waals surface area contributed by atoms with E-state index in [-0.39, 0.29) is 23.7 Å². The van der Waals surface area contributed by atoms with Gasteiger partial charge in [-0.25, -0.2) is 4.79 Å². The van der Waals surface area contributed by atoms with Crippen LogP contribution in [-0.2, 0) is 9.53 Å². The molecule has 0 fully saturated rings. The van der Waals surface area contributed by atoms with Crippen LogP contribution < -0.4 is 10.1 Å². The summed E-state index contributed by atoms with van der Waals surface area (Å²) in [6.07, 6.45) is 0. The molecule has 0 aliphatic carbocycles. The van der Waals surface area contributed by atoms with Gasteiger partial charge >= 0.3 is 11.7 Å². The van der Waals surface area contributed by atoms with E-state index >= 15 is 0 Å². The van der Waals surface area contributed by atoms with Crippen molar-refractivity contribution >= 4 is 17.3 Å². The lowest BCUT2D eigenvalue weighted by Gasteiger charge is -2.14. The third-order valence-corrected chi connectivity index (χ3v) is 2.41.